The van der Waals surface area contributed by atoms with E-state index in [9.17, 15) is 17.8 Å². The lowest BCUT2D eigenvalue weighted by Gasteiger charge is -2.25. The lowest BCUT2D eigenvalue weighted by atomic mass is 10.1. The molecule has 0 aliphatic heterocycles. The average Bonchev–Trinajstić information content (AvgIpc) is 2.48. The summed E-state index contributed by atoms with van der Waals surface area (Å²) in [5.41, 5.74) is -0.655. The van der Waals surface area contributed by atoms with Crippen molar-refractivity contribution in [2.75, 3.05) is 5.75 Å². The maximum atomic E-state index is 11.5. The molecule has 6 heteroatoms. The molecule has 0 saturated heterocycles. The first-order valence-electron chi connectivity index (χ1n) is 5.06. The van der Waals surface area contributed by atoms with E-state index in [4.69, 9.17) is 4.74 Å². The summed E-state index contributed by atoms with van der Waals surface area (Å²) in [6.07, 6.45) is 5.21. The number of ether oxygens (including phenoxy) is 1. The molecule has 0 saturated carbocycles. The topological polar surface area (TPSA) is 83.5 Å². The third kappa shape index (κ3) is 3.94. The molecule has 0 bridgehead atoms. The molecule has 1 aliphatic rings. The summed E-state index contributed by atoms with van der Waals surface area (Å²) in [5, 5.41) is 0. The third-order valence-corrected chi connectivity index (χ3v) is 3.38. The molecular weight excluding hydrogens is 232 g/mol. The van der Waals surface area contributed by atoms with Crippen molar-refractivity contribution in [2.45, 2.75) is 32.3 Å². The van der Waals surface area contributed by atoms with Gasteiger partial charge in [-0.15, -0.1) is 0 Å². The van der Waals surface area contributed by atoms with Crippen LogP contribution >= 0.6 is 0 Å². The molecule has 5 nitrogen and oxygen atoms in total. The van der Waals surface area contributed by atoms with Gasteiger partial charge in [-0.1, -0.05) is 13.0 Å². The quantitative estimate of drug-likeness (QED) is 0.417. The zero-order valence-electron chi connectivity index (χ0n) is 9.30. The Hall–Kier alpha value is -0.880. The molecule has 0 aromatic heterocycles. The number of esters is 1. The van der Waals surface area contributed by atoms with Crippen LogP contribution in [-0.4, -0.2) is 30.3 Å². The fourth-order valence-corrected chi connectivity index (χ4v) is 2.32. The Kier molecular flexibility index (Phi) is 3.75. The van der Waals surface area contributed by atoms with Crippen molar-refractivity contribution >= 4 is 16.1 Å². The van der Waals surface area contributed by atoms with Crippen molar-refractivity contribution in [3.05, 3.63) is 12.2 Å². The number of rotatable bonds is 4. The Labute approximate surface area is 95.2 Å². The second kappa shape index (κ2) is 4.55. The first kappa shape index (κ1) is 13.2. The molecule has 0 aromatic carbocycles. The van der Waals surface area contributed by atoms with Gasteiger partial charge in [0.1, 0.15) is 5.60 Å². The van der Waals surface area contributed by atoms with Crippen molar-refractivity contribution < 1.29 is 22.5 Å². The smallest absolute Gasteiger partial charge is 0.310 e. The Balaban J connectivity index is 2.55. The Morgan fingerprint density at radius 1 is 1.62 bits per heavy atom. The van der Waals surface area contributed by atoms with E-state index in [2.05, 4.69) is 0 Å². The lowest BCUT2D eigenvalue weighted by molar-refractivity contribution is -0.157. The standard InChI is InChI=1S/C10H16O5S/c1-8(7-16(12,13)14)9(11)15-10(2)5-3-4-6-10/h3,5,8H,4,6-7H2,1-2H3,(H,12,13,14)/p-1. The second-order valence-corrected chi connectivity index (χ2v) is 5.75. The summed E-state index contributed by atoms with van der Waals surface area (Å²) in [5.74, 6) is -2.28. The van der Waals surface area contributed by atoms with Crippen LogP contribution in [-0.2, 0) is 19.6 Å². The summed E-state index contributed by atoms with van der Waals surface area (Å²) < 4.78 is 36.6. The van der Waals surface area contributed by atoms with Crippen LogP contribution in [0.1, 0.15) is 26.7 Å². The molecule has 1 rings (SSSR count). The molecule has 1 aliphatic carbocycles. The summed E-state index contributed by atoms with van der Waals surface area (Å²) in [6, 6.07) is 0. The molecule has 0 heterocycles. The molecular formula is C10H15O5S-. The molecule has 2 unspecified atom stereocenters. The van der Waals surface area contributed by atoms with Crippen molar-refractivity contribution in [1.29, 1.82) is 0 Å². The van der Waals surface area contributed by atoms with Crippen molar-refractivity contribution in [3.63, 3.8) is 0 Å². The zero-order valence-corrected chi connectivity index (χ0v) is 10.1. The van der Waals surface area contributed by atoms with Gasteiger partial charge in [0.2, 0.25) is 0 Å². The third-order valence-electron chi connectivity index (χ3n) is 2.47. The minimum absolute atomic E-state index is 0.645. The van der Waals surface area contributed by atoms with Crippen LogP contribution in [0.5, 0.6) is 0 Å². The van der Waals surface area contributed by atoms with Gasteiger partial charge in [-0.2, -0.15) is 0 Å². The van der Waals surface area contributed by atoms with Crippen LogP contribution in [0.4, 0.5) is 0 Å². The van der Waals surface area contributed by atoms with E-state index in [0.29, 0.717) is 6.42 Å². The largest absolute Gasteiger partial charge is 0.748 e. The highest BCUT2D eigenvalue weighted by atomic mass is 32.2. The maximum Gasteiger partial charge on any atom is 0.310 e. The predicted octanol–water partition coefficient (Wildman–Crippen LogP) is 0.820. The molecule has 0 fully saturated rings. The fraction of sp³-hybridized carbons (Fsp3) is 0.700. The number of carbonyl (C=O) groups excluding carboxylic acids is 1. The second-order valence-electron chi connectivity index (χ2n) is 4.30. The normalized spacial score (nSPS) is 26.7. The van der Waals surface area contributed by atoms with Crippen LogP contribution < -0.4 is 0 Å². The van der Waals surface area contributed by atoms with E-state index >= 15 is 0 Å². The summed E-state index contributed by atoms with van der Waals surface area (Å²) in [6.45, 7) is 3.13. The first-order chi connectivity index (χ1) is 7.22. The van der Waals surface area contributed by atoms with E-state index in [1.165, 1.54) is 6.92 Å². The summed E-state index contributed by atoms with van der Waals surface area (Å²) >= 11 is 0. The SMILES string of the molecule is CC(CS(=O)(=O)[O-])C(=O)OC1(C)C=CCC1. The molecule has 0 amide bonds. The first-order valence-corrected chi connectivity index (χ1v) is 6.64. The van der Waals surface area contributed by atoms with Gasteiger partial charge >= 0.3 is 5.97 Å². The molecule has 0 spiro atoms. The van der Waals surface area contributed by atoms with Crippen LogP contribution in [0.25, 0.3) is 0 Å². The van der Waals surface area contributed by atoms with Gasteiger partial charge in [0.15, 0.2) is 0 Å². The summed E-state index contributed by atoms with van der Waals surface area (Å²) in [7, 11) is -4.39. The van der Waals surface area contributed by atoms with E-state index in [1.54, 1.807) is 13.0 Å². The maximum absolute atomic E-state index is 11.5. The fourth-order valence-electron chi connectivity index (χ4n) is 1.58. The lowest BCUT2D eigenvalue weighted by Crippen LogP contribution is -2.32. The number of carbonyl (C=O) groups is 1. The predicted molar refractivity (Wildman–Crippen MR) is 56.6 cm³/mol. The van der Waals surface area contributed by atoms with Crippen LogP contribution in [0.2, 0.25) is 0 Å². The van der Waals surface area contributed by atoms with Gasteiger partial charge in [-0.25, -0.2) is 8.42 Å². The highest BCUT2D eigenvalue weighted by molar-refractivity contribution is 7.85. The van der Waals surface area contributed by atoms with Gasteiger partial charge in [0.25, 0.3) is 0 Å². The van der Waals surface area contributed by atoms with E-state index in [1.807, 2.05) is 6.08 Å². The van der Waals surface area contributed by atoms with Crippen molar-refractivity contribution in [2.24, 2.45) is 5.92 Å². The minimum atomic E-state index is -4.39. The molecule has 0 N–H and O–H groups in total. The van der Waals surface area contributed by atoms with E-state index in [-0.39, 0.29) is 0 Å². The van der Waals surface area contributed by atoms with Crippen LogP contribution in [0.15, 0.2) is 12.2 Å². The Morgan fingerprint density at radius 2 is 2.25 bits per heavy atom. The van der Waals surface area contributed by atoms with Gasteiger partial charge < -0.3 is 9.29 Å². The van der Waals surface area contributed by atoms with E-state index in [0.717, 1.165) is 6.42 Å². The van der Waals surface area contributed by atoms with Gasteiger partial charge in [-0.05, 0) is 25.8 Å². The number of hydrogen-bond donors (Lipinski definition) is 0. The van der Waals surface area contributed by atoms with E-state index < -0.39 is 33.4 Å². The highest BCUT2D eigenvalue weighted by Crippen LogP contribution is 2.27. The van der Waals surface area contributed by atoms with Crippen molar-refractivity contribution in [3.8, 4) is 0 Å². The van der Waals surface area contributed by atoms with Crippen molar-refractivity contribution in [1.82, 2.24) is 0 Å². The average molecular weight is 247 g/mol. The Morgan fingerprint density at radius 3 is 2.69 bits per heavy atom. The van der Waals surface area contributed by atoms with Gasteiger partial charge in [-0.3, -0.25) is 4.79 Å². The number of hydrogen-bond acceptors (Lipinski definition) is 5. The monoisotopic (exact) mass is 247 g/mol. The molecule has 0 radical (unpaired) electrons. The van der Waals surface area contributed by atoms with Crippen LogP contribution in [0.3, 0.4) is 0 Å². The molecule has 16 heavy (non-hydrogen) atoms. The highest BCUT2D eigenvalue weighted by Gasteiger charge is 2.30. The minimum Gasteiger partial charge on any atom is -0.748 e. The zero-order chi connectivity index (χ0) is 12.4. The summed E-state index contributed by atoms with van der Waals surface area (Å²) in [4.78, 5) is 11.5. The van der Waals surface area contributed by atoms with Gasteiger partial charge in [0.05, 0.1) is 21.8 Å². The molecule has 92 valence electrons. The number of allylic oxidation sites excluding steroid dienone is 1. The van der Waals surface area contributed by atoms with Gasteiger partial charge in [0, 0.05) is 0 Å². The molecule has 2 atom stereocenters. The Bertz CT molecular complexity index is 397. The molecule has 0 aromatic rings. The van der Waals surface area contributed by atoms with Crippen LogP contribution in [0, 0.1) is 5.92 Å².